The van der Waals surface area contributed by atoms with Crippen LogP contribution < -0.4 is 10.6 Å². The van der Waals surface area contributed by atoms with Gasteiger partial charge in [-0.1, -0.05) is 0 Å². The zero-order valence-corrected chi connectivity index (χ0v) is 12.0. The average Bonchev–Trinajstić information content (AvgIpc) is 3.00. The van der Waals surface area contributed by atoms with Gasteiger partial charge in [0.1, 0.15) is 0 Å². The lowest BCUT2D eigenvalue weighted by atomic mass is 9.92. The SMILES string of the molecule is Cl.Cn1ncc2c1CCCC2NC(=O)[C@@H]1CCCN1. The Morgan fingerprint density at radius 1 is 1.47 bits per heavy atom. The fraction of sp³-hybridized carbons (Fsp3) is 0.692. The molecule has 0 radical (unpaired) electrons. The summed E-state index contributed by atoms with van der Waals surface area (Å²) < 4.78 is 1.93. The predicted molar refractivity (Wildman–Crippen MR) is 75.3 cm³/mol. The minimum absolute atomic E-state index is 0. The molecule has 0 aromatic carbocycles. The number of carbonyl (C=O) groups excluding carboxylic acids is 1. The normalized spacial score (nSPS) is 25.5. The van der Waals surface area contributed by atoms with Crippen molar-refractivity contribution in [2.45, 2.75) is 44.2 Å². The molecule has 2 atom stereocenters. The third kappa shape index (κ3) is 2.77. The maximum absolute atomic E-state index is 12.1. The molecule has 0 spiro atoms. The van der Waals surface area contributed by atoms with Crippen LogP contribution in [0.3, 0.4) is 0 Å². The van der Waals surface area contributed by atoms with Crippen molar-refractivity contribution >= 4 is 18.3 Å². The van der Waals surface area contributed by atoms with Gasteiger partial charge >= 0.3 is 0 Å². The Bertz CT molecular complexity index is 453. The summed E-state index contributed by atoms with van der Waals surface area (Å²) in [5.41, 5.74) is 2.47. The molecule has 1 fully saturated rings. The van der Waals surface area contributed by atoms with E-state index in [-0.39, 0.29) is 30.4 Å². The van der Waals surface area contributed by atoms with E-state index in [2.05, 4.69) is 15.7 Å². The Morgan fingerprint density at radius 2 is 2.32 bits per heavy atom. The number of aromatic nitrogens is 2. The van der Waals surface area contributed by atoms with Gasteiger partial charge in [-0.15, -0.1) is 12.4 Å². The lowest BCUT2D eigenvalue weighted by molar-refractivity contribution is -0.123. The predicted octanol–water partition coefficient (Wildman–Crippen LogP) is 1.09. The lowest BCUT2D eigenvalue weighted by Crippen LogP contribution is -2.42. The summed E-state index contributed by atoms with van der Waals surface area (Å²) in [4.78, 5) is 12.1. The van der Waals surface area contributed by atoms with E-state index in [1.54, 1.807) is 0 Å². The van der Waals surface area contributed by atoms with Gasteiger partial charge in [0.25, 0.3) is 0 Å². The van der Waals surface area contributed by atoms with Crippen LogP contribution in [0.4, 0.5) is 0 Å². The molecule has 0 saturated carbocycles. The fourth-order valence-corrected chi connectivity index (χ4v) is 3.04. The van der Waals surface area contributed by atoms with E-state index < -0.39 is 0 Å². The van der Waals surface area contributed by atoms with Gasteiger partial charge in [-0.3, -0.25) is 9.48 Å². The minimum atomic E-state index is 0. The second-order valence-electron chi connectivity index (χ2n) is 5.27. The van der Waals surface area contributed by atoms with Crippen molar-refractivity contribution in [3.05, 3.63) is 17.5 Å². The van der Waals surface area contributed by atoms with Crippen molar-refractivity contribution in [1.29, 1.82) is 0 Å². The third-order valence-electron chi connectivity index (χ3n) is 4.07. The molecule has 0 bridgehead atoms. The van der Waals surface area contributed by atoms with Crippen LogP contribution in [0.1, 0.15) is 43.0 Å². The van der Waals surface area contributed by atoms with E-state index in [0.29, 0.717) is 0 Å². The van der Waals surface area contributed by atoms with Crippen LogP contribution in [0.25, 0.3) is 0 Å². The van der Waals surface area contributed by atoms with Crippen molar-refractivity contribution in [2.24, 2.45) is 7.05 Å². The largest absolute Gasteiger partial charge is 0.348 e. The summed E-state index contributed by atoms with van der Waals surface area (Å²) >= 11 is 0. The van der Waals surface area contributed by atoms with Gasteiger partial charge in [-0.25, -0.2) is 0 Å². The summed E-state index contributed by atoms with van der Waals surface area (Å²) in [7, 11) is 1.97. The van der Waals surface area contributed by atoms with Crippen LogP contribution in [0.15, 0.2) is 6.20 Å². The first kappa shape index (κ1) is 14.3. The smallest absolute Gasteiger partial charge is 0.237 e. The molecule has 1 aromatic heterocycles. The van der Waals surface area contributed by atoms with Crippen molar-refractivity contribution < 1.29 is 4.79 Å². The maximum atomic E-state index is 12.1. The standard InChI is InChI=1S/C13H20N4O.ClH/c1-17-12-6-2-4-10(9(12)8-15-17)16-13(18)11-5-3-7-14-11;/h8,10-11,14H,2-7H2,1H3,(H,16,18);1H/t10?,11-;/m0./s1. The van der Waals surface area contributed by atoms with Crippen LogP contribution in [-0.2, 0) is 18.3 Å². The number of nitrogens with one attached hydrogen (secondary N) is 2. The molecule has 1 unspecified atom stereocenters. The summed E-state index contributed by atoms with van der Waals surface area (Å²) in [6.45, 7) is 0.959. The number of hydrogen-bond acceptors (Lipinski definition) is 3. The molecule has 1 amide bonds. The number of halogens is 1. The minimum Gasteiger partial charge on any atom is -0.348 e. The van der Waals surface area contributed by atoms with Crippen LogP contribution in [-0.4, -0.2) is 28.3 Å². The lowest BCUT2D eigenvalue weighted by Gasteiger charge is -2.25. The number of aryl methyl sites for hydroxylation is 1. The third-order valence-corrected chi connectivity index (χ3v) is 4.07. The van der Waals surface area contributed by atoms with Gasteiger partial charge in [0, 0.05) is 18.3 Å². The van der Waals surface area contributed by atoms with Crippen molar-refractivity contribution in [1.82, 2.24) is 20.4 Å². The van der Waals surface area contributed by atoms with E-state index in [1.165, 1.54) is 11.3 Å². The number of hydrogen-bond donors (Lipinski definition) is 2. The van der Waals surface area contributed by atoms with Crippen LogP contribution in [0.2, 0.25) is 0 Å². The molecule has 3 rings (SSSR count). The van der Waals surface area contributed by atoms with Gasteiger partial charge in [0.15, 0.2) is 0 Å². The van der Waals surface area contributed by atoms with E-state index in [1.807, 2.05) is 17.9 Å². The highest BCUT2D eigenvalue weighted by Crippen LogP contribution is 2.29. The Morgan fingerprint density at radius 3 is 3.05 bits per heavy atom. The maximum Gasteiger partial charge on any atom is 0.237 e. The van der Waals surface area contributed by atoms with Crippen LogP contribution >= 0.6 is 12.4 Å². The number of fused-ring (bicyclic) bond motifs is 1. The zero-order chi connectivity index (χ0) is 12.5. The molecule has 19 heavy (non-hydrogen) atoms. The van der Waals surface area contributed by atoms with Gasteiger partial charge in [-0.05, 0) is 38.6 Å². The molecule has 5 nitrogen and oxygen atoms in total. The second kappa shape index (κ2) is 5.92. The summed E-state index contributed by atoms with van der Waals surface area (Å²) in [6.07, 6.45) is 7.17. The van der Waals surface area contributed by atoms with E-state index in [4.69, 9.17) is 0 Å². The molecular formula is C13H21ClN4O. The Labute approximate surface area is 119 Å². The number of carbonyl (C=O) groups is 1. The highest BCUT2D eigenvalue weighted by molar-refractivity contribution is 5.85. The Hall–Kier alpha value is -1.07. The topological polar surface area (TPSA) is 59.0 Å². The summed E-state index contributed by atoms with van der Waals surface area (Å²) in [5.74, 6) is 0.147. The molecule has 1 aliphatic heterocycles. The van der Waals surface area contributed by atoms with Gasteiger partial charge in [-0.2, -0.15) is 5.10 Å². The molecular weight excluding hydrogens is 264 g/mol. The second-order valence-corrected chi connectivity index (χ2v) is 5.27. The van der Waals surface area contributed by atoms with E-state index >= 15 is 0 Å². The molecule has 2 aliphatic rings. The molecule has 1 aliphatic carbocycles. The Balaban J connectivity index is 0.00000133. The highest BCUT2D eigenvalue weighted by Gasteiger charge is 2.28. The van der Waals surface area contributed by atoms with Gasteiger partial charge in [0.2, 0.25) is 5.91 Å². The average molecular weight is 285 g/mol. The first-order valence-electron chi connectivity index (χ1n) is 6.80. The van der Waals surface area contributed by atoms with Crippen molar-refractivity contribution in [3.8, 4) is 0 Å². The van der Waals surface area contributed by atoms with Crippen molar-refractivity contribution in [3.63, 3.8) is 0 Å². The van der Waals surface area contributed by atoms with Gasteiger partial charge in [0.05, 0.1) is 18.3 Å². The van der Waals surface area contributed by atoms with Crippen LogP contribution in [0.5, 0.6) is 0 Å². The molecule has 1 saturated heterocycles. The van der Waals surface area contributed by atoms with Gasteiger partial charge < -0.3 is 10.6 Å². The van der Waals surface area contributed by atoms with E-state index in [9.17, 15) is 4.79 Å². The highest BCUT2D eigenvalue weighted by atomic mass is 35.5. The monoisotopic (exact) mass is 284 g/mol. The molecule has 1 aromatic rings. The molecule has 2 N–H and O–H groups in total. The molecule has 2 heterocycles. The van der Waals surface area contributed by atoms with Crippen molar-refractivity contribution in [2.75, 3.05) is 6.54 Å². The molecule has 6 heteroatoms. The first-order valence-corrected chi connectivity index (χ1v) is 6.80. The molecule has 106 valence electrons. The summed E-state index contributed by atoms with van der Waals surface area (Å²) in [5, 5.41) is 10.7. The zero-order valence-electron chi connectivity index (χ0n) is 11.2. The van der Waals surface area contributed by atoms with Crippen LogP contribution in [0, 0.1) is 0 Å². The number of rotatable bonds is 2. The quantitative estimate of drug-likeness (QED) is 0.855. The number of nitrogens with zero attached hydrogens (tertiary/aromatic N) is 2. The first-order chi connectivity index (χ1) is 8.75. The van der Waals surface area contributed by atoms with E-state index in [0.717, 1.165) is 38.6 Å². The Kier molecular flexibility index (Phi) is 4.47. The fourth-order valence-electron chi connectivity index (χ4n) is 3.04. The number of amides is 1. The summed E-state index contributed by atoms with van der Waals surface area (Å²) in [6, 6.07) is 0.157.